The zero-order valence-corrected chi connectivity index (χ0v) is 10.4. The molecule has 0 atom stereocenters. The summed E-state index contributed by atoms with van der Waals surface area (Å²) in [5.41, 5.74) is -0.702. The normalized spacial score (nSPS) is 17.9. The number of aryl methyl sites for hydroxylation is 1. The van der Waals surface area contributed by atoms with Crippen molar-refractivity contribution in [1.29, 1.82) is 0 Å². The number of anilines is 1. The Morgan fingerprint density at radius 3 is 2.76 bits per heavy atom. The Morgan fingerprint density at radius 1 is 1.47 bits per heavy atom. The van der Waals surface area contributed by atoms with Gasteiger partial charge in [-0.2, -0.15) is 0 Å². The van der Waals surface area contributed by atoms with Crippen LogP contribution in [0.15, 0.2) is 17.2 Å². The zero-order chi connectivity index (χ0) is 12.5. The molecule has 17 heavy (non-hydrogen) atoms. The Labute approximate surface area is 101 Å². The molecule has 0 aromatic carbocycles. The number of β-amino-alcohol motifs (C(OH)–C–C–N with tert-alkyl or cyclic N) is 1. The maximum Gasteiger partial charge on any atom is 0.293 e. The molecule has 1 aromatic rings. The maximum absolute atomic E-state index is 12.1. The topological polar surface area (TPSA) is 58.4 Å². The van der Waals surface area contributed by atoms with Gasteiger partial charge in [0.05, 0.1) is 18.7 Å². The lowest BCUT2D eigenvalue weighted by molar-refractivity contribution is 0.00785. The molecule has 0 radical (unpaired) electrons. The van der Waals surface area contributed by atoms with Crippen LogP contribution in [0.5, 0.6) is 0 Å². The van der Waals surface area contributed by atoms with E-state index in [4.69, 9.17) is 0 Å². The molecule has 94 valence electrons. The number of aliphatic hydroxyl groups is 1. The second kappa shape index (κ2) is 4.49. The highest BCUT2D eigenvalue weighted by atomic mass is 16.3. The number of hydrogen-bond acceptors (Lipinski definition) is 4. The van der Waals surface area contributed by atoms with Gasteiger partial charge in [-0.15, -0.1) is 0 Å². The van der Waals surface area contributed by atoms with E-state index >= 15 is 0 Å². The lowest BCUT2D eigenvalue weighted by atomic mass is 9.91. The van der Waals surface area contributed by atoms with E-state index in [1.54, 1.807) is 17.0 Å². The predicted octanol–water partition coefficient (Wildman–Crippen LogP) is 0.614. The Bertz CT molecular complexity index is 449. The van der Waals surface area contributed by atoms with E-state index in [-0.39, 0.29) is 5.56 Å². The molecule has 2 heterocycles. The molecule has 1 aromatic heterocycles. The van der Waals surface area contributed by atoms with Crippen molar-refractivity contribution >= 4 is 5.82 Å². The maximum atomic E-state index is 12.1. The molecule has 1 saturated heterocycles. The summed E-state index contributed by atoms with van der Waals surface area (Å²) < 4.78 is 1.67. The summed E-state index contributed by atoms with van der Waals surface area (Å²) in [5.74, 6) is 0.457. The van der Waals surface area contributed by atoms with Gasteiger partial charge in [-0.25, -0.2) is 4.98 Å². The van der Waals surface area contributed by atoms with Crippen LogP contribution in [-0.4, -0.2) is 33.3 Å². The van der Waals surface area contributed by atoms with Crippen LogP contribution >= 0.6 is 0 Å². The highest BCUT2D eigenvalue weighted by molar-refractivity contribution is 5.41. The van der Waals surface area contributed by atoms with Gasteiger partial charge in [-0.05, 0) is 12.8 Å². The van der Waals surface area contributed by atoms with Crippen molar-refractivity contribution in [2.45, 2.75) is 38.8 Å². The van der Waals surface area contributed by atoms with Crippen molar-refractivity contribution in [3.8, 4) is 0 Å². The molecule has 0 spiro atoms. The third-order valence-corrected chi connectivity index (χ3v) is 3.29. The quantitative estimate of drug-likeness (QED) is 0.833. The van der Waals surface area contributed by atoms with Gasteiger partial charge in [0.25, 0.3) is 5.56 Å². The molecule has 1 aliphatic heterocycles. The van der Waals surface area contributed by atoms with Gasteiger partial charge in [0.1, 0.15) is 0 Å². The first-order chi connectivity index (χ1) is 8.09. The third kappa shape index (κ3) is 2.20. The van der Waals surface area contributed by atoms with E-state index in [1.807, 2.05) is 18.7 Å². The Kier molecular flexibility index (Phi) is 3.19. The Balaban J connectivity index is 2.18. The standard InChI is InChI=1S/C12H19N3O2/c1-3-6-14-7-5-13-10(11(14)16)15-8-12(17,4-2)9-15/h5,7,17H,3-4,6,8-9H2,1-2H3. The molecule has 2 rings (SSSR count). The van der Waals surface area contributed by atoms with Crippen LogP contribution in [0.2, 0.25) is 0 Å². The van der Waals surface area contributed by atoms with E-state index in [0.29, 0.717) is 31.9 Å². The van der Waals surface area contributed by atoms with E-state index in [9.17, 15) is 9.90 Å². The van der Waals surface area contributed by atoms with Gasteiger partial charge in [-0.3, -0.25) is 4.79 Å². The largest absolute Gasteiger partial charge is 0.386 e. The fourth-order valence-corrected chi connectivity index (χ4v) is 2.11. The van der Waals surface area contributed by atoms with E-state index in [1.165, 1.54) is 0 Å². The summed E-state index contributed by atoms with van der Waals surface area (Å²) in [5, 5.41) is 9.94. The monoisotopic (exact) mass is 237 g/mol. The van der Waals surface area contributed by atoms with Gasteiger partial charge < -0.3 is 14.6 Å². The van der Waals surface area contributed by atoms with Crippen LogP contribution in [0.25, 0.3) is 0 Å². The molecule has 5 nitrogen and oxygen atoms in total. The summed E-state index contributed by atoms with van der Waals surface area (Å²) >= 11 is 0. The zero-order valence-electron chi connectivity index (χ0n) is 10.4. The van der Waals surface area contributed by atoms with Crippen LogP contribution < -0.4 is 10.5 Å². The van der Waals surface area contributed by atoms with Gasteiger partial charge in [-0.1, -0.05) is 13.8 Å². The van der Waals surface area contributed by atoms with Crippen LogP contribution in [-0.2, 0) is 6.54 Å². The van der Waals surface area contributed by atoms with Crippen molar-refractivity contribution in [2.24, 2.45) is 0 Å². The summed E-state index contributed by atoms with van der Waals surface area (Å²) in [7, 11) is 0. The summed E-state index contributed by atoms with van der Waals surface area (Å²) in [6.07, 6.45) is 4.98. The predicted molar refractivity (Wildman–Crippen MR) is 66.2 cm³/mol. The fraction of sp³-hybridized carbons (Fsp3) is 0.667. The lowest BCUT2D eigenvalue weighted by Crippen LogP contribution is -2.63. The van der Waals surface area contributed by atoms with E-state index in [0.717, 1.165) is 6.42 Å². The van der Waals surface area contributed by atoms with Crippen molar-refractivity contribution in [3.05, 3.63) is 22.7 Å². The van der Waals surface area contributed by atoms with Gasteiger partial charge >= 0.3 is 0 Å². The van der Waals surface area contributed by atoms with Crippen LogP contribution in [0.1, 0.15) is 26.7 Å². The van der Waals surface area contributed by atoms with Crippen LogP contribution in [0, 0.1) is 0 Å². The van der Waals surface area contributed by atoms with E-state index in [2.05, 4.69) is 4.98 Å². The first-order valence-corrected chi connectivity index (χ1v) is 6.12. The van der Waals surface area contributed by atoms with Crippen molar-refractivity contribution in [3.63, 3.8) is 0 Å². The van der Waals surface area contributed by atoms with Crippen molar-refractivity contribution in [1.82, 2.24) is 9.55 Å². The Morgan fingerprint density at radius 2 is 2.18 bits per heavy atom. The highest BCUT2D eigenvalue weighted by Gasteiger charge is 2.41. The molecule has 1 aliphatic rings. The SMILES string of the molecule is CCCn1ccnc(N2CC(O)(CC)C2)c1=O. The van der Waals surface area contributed by atoms with Crippen LogP contribution in [0.4, 0.5) is 5.82 Å². The van der Waals surface area contributed by atoms with Gasteiger partial charge in [0.2, 0.25) is 0 Å². The minimum atomic E-state index is -0.639. The summed E-state index contributed by atoms with van der Waals surface area (Å²) in [4.78, 5) is 18.0. The first-order valence-electron chi connectivity index (χ1n) is 6.12. The van der Waals surface area contributed by atoms with Crippen LogP contribution in [0.3, 0.4) is 0 Å². The molecule has 5 heteroatoms. The molecular formula is C12H19N3O2. The highest BCUT2D eigenvalue weighted by Crippen LogP contribution is 2.26. The third-order valence-electron chi connectivity index (χ3n) is 3.29. The molecule has 0 amide bonds. The molecule has 0 unspecified atom stereocenters. The van der Waals surface area contributed by atoms with E-state index < -0.39 is 5.60 Å². The smallest absolute Gasteiger partial charge is 0.293 e. The van der Waals surface area contributed by atoms with Gasteiger partial charge in [0, 0.05) is 18.9 Å². The Hall–Kier alpha value is -1.36. The van der Waals surface area contributed by atoms with Crippen molar-refractivity contribution < 1.29 is 5.11 Å². The minimum Gasteiger partial charge on any atom is -0.386 e. The number of nitrogens with zero attached hydrogens (tertiary/aromatic N) is 3. The number of hydrogen-bond donors (Lipinski definition) is 1. The second-order valence-corrected chi connectivity index (χ2v) is 4.68. The fourth-order valence-electron chi connectivity index (χ4n) is 2.11. The number of aromatic nitrogens is 2. The summed E-state index contributed by atoms with van der Waals surface area (Å²) in [6, 6.07) is 0. The first kappa shape index (κ1) is 12.1. The van der Waals surface area contributed by atoms with Gasteiger partial charge in [0.15, 0.2) is 5.82 Å². The number of rotatable bonds is 4. The molecule has 0 aliphatic carbocycles. The average Bonchev–Trinajstić information content (AvgIpc) is 2.28. The lowest BCUT2D eigenvalue weighted by Gasteiger charge is -2.46. The molecular weight excluding hydrogens is 218 g/mol. The summed E-state index contributed by atoms with van der Waals surface area (Å²) in [6.45, 7) is 5.70. The molecule has 0 bridgehead atoms. The minimum absolute atomic E-state index is 0.0625. The second-order valence-electron chi connectivity index (χ2n) is 4.68. The molecule has 1 fully saturated rings. The molecule has 0 saturated carbocycles. The average molecular weight is 237 g/mol. The molecule has 1 N–H and O–H groups in total. The van der Waals surface area contributed by atoms with Crippen molar-refractivity contribution in [2.75, 3.05) is 18.0 Å².